The van der Waals surface area contributed by atoms with Gasteiger partial charge in [-0.15, -0.1) is 0 Å². The average molecular weight is 729 g/mol. The molecule has 16 atom stereocenters. The quantitative estimate of drug-likeness (QED) is 0.239. The molecule has 9 heterocycles. The van der Waals surface area contributed by atoms with Crippen LogP contribution in [0.3, 0.4) is 0 Å². The predicted octanol–water partition coefficient (Wildman–Crippen LogP) is 6.73. The number of hydrogen-bond acceptors (Lipinski definition) is 10. The van der Waals surface area contributed by atoms with Crippen molar-refractivity contribution in [3.8, 4) is 0 Å². The highest BCUT2D eigenvalue weighted by atomic mass is 19.1. The fourth-order valence-electron chi connectivity index (χ4n) is 12.3. The molecule has 0 unspecified atom stereocenters. The third-order valence-electron chi connectivity index (χ3n) is 15.3. The molecule has 10 fully saturated rings. The van der Waals surface area contributed by atoms with E-state index in [4.69, 9.17) is 38.5 Å². The predicted molar refractivity (Wildman–Crippen MR) is 182 cm³/mol. The van der Waals surface area contributed by atoms with Gasteiger partial charge in [0.15, 0.2) is 23.8 Å². The summed E-state index contributed by atoms with van der Waals surface area (Å²) in [7, 11) is 0. The molecule has 8 aliphatic heterocycles. The molecule has 4 bridgehead atoms. The Kier molecular flexibility index (Phi) is 8.90. The maximum Gasteiger partial charge on any atom is 0.223 e. The number of carbonyl (C=O) groups is 1. The molecule has 52 heavy (non-hydrogen) atoms. The van der Waals surface area contributed by atoms with Gasteiger partial charge in [0.1, 0.15) is 0 Å². The Bertz CT molecular complexity index is 1460. The second-order valence-corrected chi connectivity index (χ2v) is 18.3. The standard InChI is InChI=1S/C40H57FN2O9/c1-21-7-9-29-23(3)31(45-35-39(29)27(21)11-14-37(5,47-35)49-51-39)18-26(34(44)43-20-25-13-16-42-33(41)17-25)19-32-24(4)30-10-8-22(2)28-12-15-38(6)48-36(46-32)40(28,30)52-50-38/h13,16-17,21-24,26-32,35-36H,7-12,14-15,18-20H2,1-6H3,(H,43,44)/t21-,22-,23-,24-,27+,28+,29+,30+,31-,32-,35-,36-,37+,38+,39-,40-/m1/s1. The second-order valence-electron chi connectivity index (χ2n) is 18.3. The molecule has 11 rings (SSSR count). The minimum absolute atomic E-state index is 0.0884. The van der Waals surface area contributed by atoms with Crippen molar-refractivity contribution in [1.82, 2.24) is 10.3 Å². The van der Waals surface area contributed by atoms with Crippen molar-refractivity contribution in [3.63, 3.8) is 0 Å². The van der Waals surface area contributed by atoms with E-state index in [1.165, 1.54) is 12.3 Å². The van der Waals surface area contributed by atoms with E-state index in [2.05, 4.69) is 38.0 Å². The van der Waals surface area contributed by atoms with Crippen LogP contribution in [-0.2, 0) is 49.8 Å². The third kappa shape index (κ3) is 5.55. The molecule has 0 aromatic carbocycles. The van der Waals surface area contributed by atoms with Gasteiger partial charge in [-0.1, -0.05) is 27.7 Å². The van der Waals surface area contributed by atoms with E-state index in [1.54, 1.807) is 6.07 Å². The number of rotatable bonds is 7. The van der Waals surface area contributed by atoms with Crippen molar-refractivity contribution >= 4 is 5.91 Å². The average Bonchev–Trinajstić information content (AvgIpc) is 3.49. The van der Waals surface area contributed by atoms with Crippen molar-refractivity contribution in [1.29, 1.82) is 0 Å². The van der Waals surface area contributed by atoms with Crippen LogP contribution in [0.25, 0.3) is 0 Å². The number of fused-ring (bicyclic) bond motifs is 4. The van der Waals surface area contributed by atoms with Crippen LogP contribution in [0.2, 0.25) is 0 Å². The second kappa shape index (κ2) is 12.9. The topological polar surface area (TPSA) is 116 Å². The first kappa shape index (κ1) is 35.9. The van der Waals surface area contributed by atoms with Crippen LogP contribution in [0.15, 0.2) is 18.3 Å². The van der Waals surface area contributed by atoms with Gasteiger partial charge >= 0.3 is 0 Å². The molecule has 288 valence electrons. The first-order valence-corrected chi connectivity index (χ1v) is 20.1. The fourth-order valence-corrected chi connectivity index (χ4v) is 12.3. The molecule has 8 saturated heterocycles. The van der Waals surface area contributed by atoms with E-state index in [0.717, 1.165) is 51.4 Å². The Morgan fingerprint density at radius 2 is 1.31 bits per heavy atom. The van der Waals surface area contributed by atoms with Gasteiger partial charge in [0.2, 0.25) is 23.4 Å². The number of amides is 1. The van der Waals surface area contributed by atoms with Crippen LogP contribution < -0.4 is 5.32 Å². The van der Waals surface area contributed by atoms with E-state index in [9.17, 15) is 9.18 Å². The number of pyridine rings is 1. The van der Waals surface area contributed by atoms with Gasteiger partial charge in [0, 0.05) is 43.3 Å². The summed E-state index contributed by atoms with van der Waals surface area (Å²) in [6.45, 7) is 13.2. The number of ether oxygens (including phenoxy) is 4. The molecule has 10 aliphatic rings. The lowest BCUT2D eigenvalue weighted by Gasteiger charge is -2.61. The van der Waals surface area contributed by atoms with Crippen LogP contribution in [0.5, 0.6) is 0 Å². The Hall–Kier alpha value is -1.77. The summed E-state index contributed by atoms with van der Waals surface area (Å²) in [6.07, 6.45) is 8.26. The van der Waals surface area contributed by atoms with Gasteiger partial charge in [-0.25, -0.2) is 24.5 Å². The molecule has 1 amide bonds. The van der Waals surface area contributed by atoms with Crippen molar-refractivity contribution in [2.45, 2.75) is 160 Å². The van der Waals surface area contributed by atoms with Gasteiger partial charge in [-0.3, -0.25) is 4.79 Å². The Morgan fingerprint density at radius 3 is 1.81 bits per heavy atom. The first-order valence-electron chi connectivity index (χ1n) is 20.1. The first-order chi connectivity index (χ1) is 24.8. The smallest absolute Gasteiger partial charge is 0.223 e. The van der Waals surface area contributed by atoms with Crippen molar-refractivity contribution in [2.24, 2.45) is 53.3 Å². The highest BCUT2D eigenvalue weighted by Gasteiger charge is 2.71. The monoisotopic (exact) mass is 728 g/mol. The number of nitrogens with one attached hydrogen (secondary N) is 1. The molecule has 1 aromatic rings. The van der Waals surface area contributed by atoms with Crippen molar-refractivity contribution in [2.75, 3.05) is 0 Å². The third-order valence-corrected chi connectivity index (χ3v) is 15.3. The van der Waals surface area contributed by atoms with E-state index in [0.29, 0.717) is 30.2 Å². The number of hydrogen-bond donors (Lipinski definition) is 1. The van der Waals surface area contributed by atoms with E-state index < -0.39 is 47.2 Å². The lowest BCUT2D eigenvalue weighted by Crippen LogP contribution is -2.70. The molecule has 2 saturated carbocycles. The van der Waals surface area contributed by atoms with E-state index in [1.807, 2.05) is 13.8 Å². The van der Waals surface area contributed by atoms with Gasteiger partial charge in [-0.05, 0) is 118 Å². The normalized spacial score (nSPS) is 51.1. The highest BCUT2D eigenvalue weighted by molar-refractivity contribution is 5.78. The minimum Gasteiger partial charge on any atom is -0.352 e. The van der Waals surface area contributed by atoms with Gasteiger partial charge in [0.05, 0.1) is 12.2 Å². The van der Waals surface area contributed by atoms with Crippen molar-refractivity contribution < 1.29 is 47.7 Å². The van der Waals surface area contributed by atoms with Gasteiger partial charge < -0.3 is 24.3 Å². The molecule has 2 aliphatic carbocycles. The summed E-state index contributed by atoms with van der Waals surface area (Å²) in [5, 5.41) is 3.13. The fraction of sp³-hybridized carbons (Fsp3) is 0.850. The molecular formula is C40H57FN2O9. The highest BCUT2D eigenvalue weighted by Crippen LogP contribution is 2.63. The maximum atomic E-state index is 14.4. The molecule has 12 heteroatoms. The molecule has 1 aromatic heterocycles. The summed E-state index contributed by atoms with van der Waals surface area (Å²) in [5.41, 5.74) is -0.699. The molecule has 1 N–H and O–H groups in total. The van der Waals surface area contributed by atoms with Gasteiger partial charge in [0.25, 0.3) is 0 Å². The largest absolute Gasteiger partial charge is 0.352 e. The summed E-state index contributed by atoms with van der Waals surface area (Å²) in [6, 6.07) is 3.08. The van der Waals surface area contributed by atoms with Crippen LogP contribution >= 0.6 is 0 Å². The summed E-state index contributed by atoms with van der Waals surface area (Å²) in [4.78, 5) is 43.0. The summed E-state index contributed by atoms with van der Waals surface area (Å²) in [5.74, 6) is -0.969. The zero-order valence-electron chi connectivity index (χ0n) is 31.5. The van der Waals surface area contributed by atoms with E-state index in [-0.39, 0.29) is 60.2 Å². The zero-order chi connectivity index (χ0) is 36.2. The van der Waals surface area contributed by atoms with Crippen LogP contribution in [0.4, 0.5) is 4.39 Å². The van der Waals surface area contributed by atoms with Crippen LogP contribution in [0.1, 0.15) is 111 Å². The number of nitrogens with zero attached hydrogens (tertiary/aromatic N) is 1. The summed E-state index contributed by atoms with van der Waals surface area (Å²) < 4.78 is 41.3. The minimum atomic E-state index is -0.879. The van der Waals surface area contributed by atoms with E-state index >= 15 is 0 Å². The Labute approximate surface area is 306 Å². The van der Waals surface area contributed by atoms with Gasteiger partial charge in [-0.2, -0.15) is 4.39 Å². The number of halogens is 1. The Morgan fingerprint density at radius 1 is 0.788 bits per heavy atom. The molecule has 2 spiro atoms. The molecular weight excluding hydrogens is 671 g/mol. The van der Waals surface area contributed by atoms with Crippen molar-refractivity contribution in [3.05, 3.63) is 29.8 Å². The lowest BCUT2D eigenvalue weighted by atomic mass is 9.56. The SMILES string of the molecule is C[C@H]1[C@@H](CC(C[C@H]2O[C@@H]3O[C@]4(C)CC[C@H]5[C@H](C)CC[C@@H]([C@H]2C)[C@@]35OO4)C(=O)NCc2ccnc(F)c2)O[C@@H]2O[C@]3(C)CC[C@H]4[C@H](C)CC[C@@H]1[C@@]24OO3. The van der Waals surface area contributed by atoms with Crippen LogP contribution in [0, 0.1) is 59.2 Å². The zero-order valence-corrected chi connectivity index (χ0v) is 31.5. The van der Waals surface area contributed by atoms with Crippen LogP contribution in [-0.4, -0.2) is 58.5 Å². The lowest BCUT2D eigenvalue weighted by molar-refractivity contribution is -0.571. The number of carbonyl (C=O) groups excluding carboxylic acids is 1. The molecule has 11 nitrogen and oxygen atoms in total. The molecule has 0 radical (unpaired) electrons. The Balaban J connectivity index is 1.01. The summed E-state index contributed by atoms with van der Waals surface area (Å²) >= 11 is 0. The maximum absolute atomic E-state index is 14.4. The number of aromatic nitrogens is 1.